The van der Waals surface area contributed by atoms with Crippen LogP contribution in [0.3, 0.4) is 0 Å². The van der Waals surface area contributed by atoms with Crippen LogP contribution in [0.5, 0.6) is 0 Å². The zero-order valence-corrected chi connectivity index (χ0v) is 11.4. The highest BCUT2D eigenvalue weighted by atomic mass is 79.9. The van der Waals surface area contributed by atoms with E-state index in [1.165, 1.54) is 15.6 Å². The maximum absolute atomic E-state index is 4.34. The molecule has 1 aromatic heterocycles. The van der Waals surface area contributed by atoms with Crippen LogP contribution in [0.1, 0.15) is 5.56 Å². The summed E-state index contributed by atoms with van der Waals surface area (Å²) in [4.78, 5) is 0. The van der Waals surface area contributed by atoms with Gasteiger partial charge in [0.1, 0.15) is 0 Å². The Morgan fingerprint density at radius 3 is 2.77 bits per heavy atom. The lowest BCUT2D eigenvalue weighted by Crippen LogP contribution is -1.76. The molecule has 0 saturated heterocycles. The fraction of sp³-hybridized carbons (Fsp3) is 0.111. The van der Waals surface area contributed by atoms with Crippen LogP contribution in [-0.2, 0) is 5.33 Å². The zero-order chi connectivity index (χ0) is 9.42. The second-order valence-electron chi connectivity index (χ2n) is 2.71. The molecule has 0 fully saturated rings. The van der Waals surface area contributed by atoms with E-state index in [1.54, 1.807) is 11.3 Å². The van der Waals surface area contributed by atoms with E-state index in [0.29, 0.717) is 0 Å². The maximum atomic E-state index is 4.34. The van der Waals surface area contributed by atoms with Crippen LogP contribution in [-0.4, -0.2) is 0 Å². The summed E-state index contributed by atoms with van der Waals surface area (Å²) in [6, 6.07) is 6.42. The third kappa shape index (κ3) is 1.96. The molecule has 4 heteroatoms. The summed E-state index contributed by atoms with van der Waals surface area (Å²) in [6.45, 7) is 0. The molecular formula is C9H6Br2S2. The van der Waals surface area contributed by atoms with Crippen molar-refractivity contribution in [2.24, 2.45) is 0 Å². The quantitative estimate of drug-likeness (QED) is 0.558. The fourth-order valence-electron chi connectivity index (χ4n) is 1.21. The highest BCUT2D eigenvalue weighted by Gasteiger charge is 2.04. The number of hydrogen-bond donors (Lipinski definition) is 1. The van der Waals surface area contributed by atoms with Gasteiger partial charge in [0, 0.05) is 19.9 Å². The third-order valence-corrected chi connectivity index (χ3v) is 4.38. The summed E-state index contributed by atoms with van der Waals surface area (Å²) in [5.74, 6) is 0. The molecule has 2 aromatic rings. The lowest BCUT2D eigenvalue weighted by atomic mass is 10.2. The molecule has 0 radical (unpaired) electrons. The molecule has 2 rings (SSSR count). The van der Waals surface area contributed by atoms with Gasteiger partial charge < -0.3 is 0 Å². The van der Waals surface area contributed by atoms with Crippen LogP contribution < -0.4 is 0 Å². The molecule has 68 valence electrons. The van der Waals surface area contributed by atoms with Gasteiger partial charge >= 0.3 is 0 Å². The first-order valence-corrected chi connectivity index (χ1v) is 6.85. The van der Waals surface area contributed by atoms with Crippen LogP contribution in [0.15, 0.2) is 26.9 Å². The Kier molecular flexibility index (Phi) is 3.03. The van der Waals surface area contributed by atoms with Gasteiger partial charge in [-0.15, -0.1) is 24.0 Å². The van der Waals surface area contributed by atoms with Crippen LogP contribution in [0.2, 0.25) is 0 Å². The van der Waals surface area contributed by atoms with Gasteiger partial charge in [0.25, 0.3) is 0 Å². The van der Waals surface area contributed by atoms with Crippen molar-refractivity contribution >= 4 is 65.9 Å². The Morgan fingerprint density at radius 1 is 1.31 bits per heavy atom. The number of thiol groups is 1. The second kappa shape index (κ2) is 3.93. The largest absolute Gasteiger partial charge is 0.133 e. The van der Waals surface area contributed by atoms with Gasteiger partial charge in [-0.05, 0) is 23.8 Å². The van der Waals surface area contributed by atoms with E-state index < -0.39 is 0 Å². The smallest absolute Gasteiger partial charge is 0.0581 e. The van der Waals surface area contributed by atoms with Crippen LogP contribution in [0.25, 0.3) is 10.1 Å². The van der Waals surface area contributed by atoms with Crippen molar-refractivity contribution in [1.82, 2.24) is 0 Å². The van der Waals surface area contributed by atoms with Gasteiger partial charge in [0.15, 0.2) is 0 Å². The van der Waals surface area contributed by atoms with Crippen molar-refractivity contribution in [3.63, 3.8) is 0 Å². The molecule has 1 heterocycles. The Labute approximate surface area is 103 Å². The summed E-state index contributed by atoms with van der Waals surface area (Å²) < 4.78 is 3.49. The molecule has 0 spiro atoms. The number of alkyl halides is 1. The van der Waals surface area contributed by atoms with Crippen molar-refractivity contribution in [2.75, 3.05) is 0 Å². The normalized spacial score (nSPS) is 11.0. The molecule has 0 bridgehead atoms. The van der Waals surface area contributed by atoms with Gasteiger partial charge in [0.05, 0.1) is 4.21 Å². The summed E-state index contributed by atoms with van der Waals surface area (Å²) >= 11 is 13.1. The average molecular weight is 338 g/mol. The Bertz CT molecular complexity index is 448. The minimum atomic E-state index is 0.890. The van der Waals surface area contributed by atoms with E-state index in [2.05, 4.69) is 62.7 Å². The Balaban J connectivity index is 2.75. The molecule has 0 aliphatic rings. The molecule has 0 N–H and O–H groups in total. The van der Waals surface area contributed by atoms with Gasteiger partial charge in [0.2, 0.25) is 0 Å². The first kappa shape index (κ1) is 10.0. The maximum Gasteiger partial charge on any atom is 0.0581 e. The van der Waals surface area contributed by atoms with E-state index in [4.69, 9.17) is 0 Å². The summed E-state index contributed by atoms with van der Waals surface area (Å²) in [5.41, 5.74) is 1.29. The number of fused-ring (bicyclic) bond motifs is 1. The lowest BCUT2D eigenvalue weighted by Gasteiger charge is -1.98. The predicted octanol–water partition coefficient (Wildman–Crippen LogP) is 4.85. The predicted molar refractivity (Wildman–Crippen MR) is 69.4 cm³/mol. The number of halogens is 2. The monoisotopic (exact) mass is 336 g/mol. The molecular weight excluding hydrogens is 332 g/mol. The van der Waals surface area contributed by atoms with E-state index in [0.717, 1.165) is 14.0 Å². The Hall–Kier alpha value is 0.490. The van der Waals surface area contributed by atoms with Crippen LogP contribution >= 0.6 is 55.8 Å². The number of rotatable bonds is 1. The average Bonchev–Trinajstić information content (AvgIpc) is 2.46. The lowest BCUT2D eigenvalue weighted by molar-refractivity contribution is 1.46. The minimum absolute atomic E-state index is 0.890. The number of hydrogen-bond acceptors (Lipinski definition) is 2. The second-order valence-corrected chi connectivity index (χ2v) is 5.99. The first-order chi connectivity index (χ1) is 6.20. The molecule has 0 atom stereocenters. The van der Waals surface area contributed by atoms with Crippen LogP contribution in [0.4, 0.5) is 0 Å². The molecule has 0 nitrogen and oxygen atoms in total. The molecule has 0 aliphatic carbocycles. The van der Waals surface area contributed by atoms with E-state index in [-0.39, 0.29) is 0 Å². The minimum Gasteiger partial charge on any atom is -0.133 e. The highest BCUT2D eigenvalue weighted by molar-refractivity contribution is 9.10. The molecule has 0 saturated carbocycles. The van der Waals surface area contributed by atoms with Gasteiger partial charge in [-0.1, -0.05) is 31.9 Å². The van der Waals surface area contributed by atoms with Crippen molar-refractivity contribution < 1.29 is 0 Å². The van der Waals surface area contributed by atoms with E-state index in [1.807, 2.05) is 0 Å². The number of thiophene rings is 1. The molecule has 0 amide bonds. The molecule has 0 aliphatic heterocycles. The van der Waals surface area contributed by atoms with Crippen molar-refractivity contribution in [3.8, 4) is 0 Å². The Morgan fingerprint density at radius 2 is 2.08 bits per heavy atom. The summed E-state index contributed by atoms with van der Waals surface area (Å²) in [5, 5.41) is 2.14. The van der Waals surface area contributed by atoms with Crippen molar-refractivity contribution in [2.45, 2.75) is 9.54 Å². The molecule has 1 aromatic carbocycles. The summed E-state index contributed by atoms with van der Waals surface area (Å²) in [6.07, 6.45) is 0. The third-order valence-electron chi connectivity index (χ3n) is 1.79. The van der Waals surface area contributed by atoms with Gasteiger partial charge in [-0.2, -0.15) is 0 Å². The zero-order valence-electron chi connectivity index (χ0n) is 6.55. The SMILES string of the molecule is Sc1cc2c(Br)cc(CBr)cc2s1. The summed E-state index contributed by atoms with van der Waals surface area (Å²) in [7, 11) is 0. The van der Waals surface area contributed by atoms with E-state index >= 15 is 0 Å². The topological polar surface area (TPSA) is 0 Å². The van der Waals surface area contributed by atoms with E-state index in [9.17, 15) is 0 Å². The first-order valence-electron chi connectivity index (χ1n) is 3.67. The highest BCUT2D eigenvalue weighted by Crippen LogP contribution is 2.34. The standard InChI is InChI=1S/C9H6Br2S2/c10-4-5-1-7(11)6-3-9(12)13-8(6)2-5/h1-3,12H,4H2. The molecule has 13 heavy (non-hydrogen) atoms. The van der Waals surface area contributed by atoms with Gasteiger partial charge in [-0.25, -0.2) is 0 Å². The van der Waals surface area contributed by atoms with Crippen molar-refractivity contribution in [1.29, 1.82) is 0 Å². The molecule has 0 unspecified atom stereocenters. The van der Waals surface area contributed by atoms with Gasteiger partial charge in [-0.3, -0.25) is 0 Å². The van der Waals surface area contributed by atoms with Crippen LogP contribution in [0, 0.1) is 0 Å². The number of benzene rings is 1. The fourth-order valence-corrected chi connectivity index (χ4v) is 3.61. The van der Waals surface area contributed by atoms with Crippen molar-refractivity contribution in [3.05, 3.63) is 28.2 Å².